The van der Waals surface area contributed by atoms with Gasteiger partial charge in [0.25, 0.3) is 0 Å². The molecule has 192 valence electrons. The van der Waals surface area contributed by atoms with E-state index in [-0.39, 0.29) is 11.8 Å². The van der Waals surface area contributed by atoms with E-state index in [0.29, 0.717) is 11.4 Å². The molecule has 0 aliphatic heterocycles. The van der Waals surface area contributed by atoms with Gasteiger partial charge in [0.1, 0.15) is 0 Å². The SMILES string of the molecule is [2H]C(c1ccc(-c2ccc(N(C)C)cc2)cn1)N(C(=O)C1CCCCC1)c1cccc(/C=C/C(=O)OC)c1. The minimum absolute atomic E-state index is 0.0519. The molecule has 1 saturated carbocycles. The fourth-order valence-electron chi connectivity index (χ4n) is 4.56. The topological polar surface area (TPSA) is 62.7 Å². The zero-order valence-corrected chi connectivity index (χ0v) is 21.8. The summed E-state index contributed by atoms with van der Waals surface area (Å²) in [7, 11) is 5.34. The second-order valence-electron chi connectivity index (χ2n) is 9.54. The van der Waals surface area contributed by atoms with Gasteiger partial charge in [0.2, 0.25) is 5.91 Å². The lowest BCUT2D eigenvalue weighted by atomic mass is 9.88. The van der Waals surface area contributed by atoms with E-state index < -0.39 is 12.5 Å². The lowest BCUT2D eigenvalue weighted by molar-refractivity contribution is -0.134. The summed E-state index contributed by atoms with van der Waals surface area (Å²) in [5.74, 6) is -0.617. The van der Waals surface area contributed by atoms with Crippen molar-refractivity contribution in [3.63, 3.8) is 0 Å². The Bertz CT molecular complexity index is 1270. The number of esters is 1. The van der Waals surface area contributed by atoms with Gasteiger partial charge in [-0.2, -0.15) is 0 Å². The van der Waals surface area contributed by atoms with Crippen LogP contribution in [0.3, 0.4) is 0 Å². The number of anilines is 2. The van der Waals surface area contributed by atoms with Gasteiger partial charge in [0.15, 0.2) is 0 Å². The van der Waals surface area contributed by atoms with Gasteiger partial charge in [-0.15, -0.1) is 0 Å². The number of nitrogens with zero attached hydrogens (tertiary/aromatic N) is 3. The Labute approximate surface area is 221 Å². The fourth-order valence-corrected chi connectivity index (χ4v) is 4.56. The van der Waals surface area contributed by atoms with E-state index in [1.807, 2.05) is 55.4 Å². The van der Waals surface area contributed by atoms with E-state index in [1.165, 1.54) is 13.2 Å². The van der Waals surface area contributed by atoms with Crippen molar-refractivity contribution in [2.75, 3.05) is 31.0 Å². The number of benzene rings is 2. The van der Waals surface area contributed by atoms with Gasteiger partial charge in [0.05, 0.1) is 20.7 Å². The summed E-state index contributed by atoms with van der Waals surface area (Å²) >= 11 is 0. The summed E-state index contributed by atoms with van der Waals surface area (Å²) in [4.78, 5) is 33.6. The van der Waals surface area contributed by atoms with Crippen LogP contribution in [0.5, 0.6) is 0 Å². The summed E-state index contributed by atoms with van der Waals surface area (Å²) in [5, 5.41) is 0. The molecule has 2 aromatic carbocycles. The Morgan fingerprint density at radius 3 is 2.38 bits per heavy atom. The molecule has 0 bridgehead atoms. The predicted molar refractivity (Wildman–Crippen MR) is 149 cm³/mol. The highest BCUT2D eigenvalue weighted by molar-refractivity contribution is 5.95. The van der Waals surface area contributed by atoms with Gasteiger partial charge in [-0.1, -0.05) is 49.6 Å². The van der Waals surface area contributed by atoms with Gasteiger partial charge in [-0.3, -0.25) is 9.78 Å². The van der Waals surface area contributed by atoms with Crippen LogP contribution in [0.2, 0.25) is 0 Å². The maximum Gasteiger partial charge on any atom is 0.330 e. The Morgan fingerprint density at radius 1 is 1.00 bits per heavy atom. The van der Waals surface area contributed by atoms with Crippen molar-refractivity contribution >= 4 is 29.3 Å². The maximum absolute atomic E-state index is 13.8. The smallest absolute Gasteiger partial charge is 0.330 e. The van der Waals surface area contributed by atoms with Crippen LogP contribution in [0.4, 0.5) is 11.4 Å². The molecule has 1 atom stereocenters. The molecular weight excluding hydrogens is 462 g/mol. The monoisotopic (exact) mass is 498 g/mol. The predicted octanol–water partition coefficient (Wildman–Crippen LogP) is 6.11. The number of hydrogen-bond donors (Lipinski definition) is 0. The average molecular weight is 499 g/mol. The van der Waals surface area contributed by atoms with E-state index in [1.54, 1.807) is 17.2 Å². The van der Waals surface area contributed by atoms with Crippen molar-refractivity contribution in [1.29, 1.82) is 0 Å². The second kappa shape index (κ2) is 12.3. The van der Waals surface area contributed by atoms with Crippen molar-refractivity contribution < 1.29 is 15.7 Å². The van der Waals surface area contributed by atoms with E-state index in [2.05, 4.69) is 29.2 Å². The summed E-state index contributed by atoms with van der Waals surface area (Å²) in [6.45, 7) is -1.01. The van der Waals surface area contributed by atoms with E-state index in [4.69, 9.17) is 6.11 Å². The molecule has 1 fully saturated rings. The Kier molecular flexibility index (Phi) is 8.26. The molecule has 1 aromatic heterocycles. The Hall–Kier alpha value is -3.93. The van der Waals surface area contributed by atoms with E-state index in [9.17, 15) is 9.59 Å². The molecule has 1 amide bonds. The molecule has 1 heterocycles. The largest absolute Gasteiger partial charge is 0.466 e. The highest BCUT2D eigenvalue weighted by Gasteiger charge is 2.27. The first kappa shape index (κ1) is 24.8. The average Bonchev–Trinajstić information content (AvgIpc) is 2.96. The molecule has 0 spiro atoms. The highest BCUT2D eigenvalue weighted by Crippen LogP contribution is 2.29. The third-order valence-corrected chi connectivity index (χ3v) is 6.72. The first-order valence-electron chi connectivity index (χ1n) is 13.3. The lowest BCUT2D eigenvalue weighted by Crippen LogP contribution is -2.37. The van der Waals surface area contributed by atoms with Crippen molar-refractivity contribution in [3.8, 4) is 11.1 Å². The fraction of sp³-hybridized carbons (Fsp3) is 0.323. The van der Waals surface area contributed by atoms with Gasteiger partial charge >= 0.3 is 5.97 Å². The molecule has 0 N–H and O–H groups in total. The summed E-state index contributed by atoms with van der Waals surface area (Å²) in [5.41, 5.74) is 4.95. The van der Waals surface area contributed by atoms with Crippen LogP contribution >= 0.6 is 0 Å². The van der Waals surface area contributed by atoms with Crippen molar-refractivity contribution in [2.45, 2.75) is 38.6 Å². The van der Waals surface area contributed by atoms with Crippen LogP contribution in [0.25, 0.3) is 17.2 Å². The van der Waals surface area contributed by atoms with Crippen molar-refractivity contribution in [3.05, 3.63) is 84.2 Å². The van der Waals surface area contributed by atoms with Crippen LogP contribution in [-0.2, 0) is 20.8 Å². The Morgan fingerprint density at radius 2 is 1.73 bits per heavy atom. The summed E-state index contributed by atoms with van der Waals surface area (Å²) in [6, 6.07) is 19.3. The first-order valence-corrected chi connectivity index (χ1v) is 12.7. The molecule has 6 heteroatoms. The Balaban J connectivity index is 1.63. The number of amides is 1. The number of carbonyl (C=O) groups is 2. The van der Waals surface area contributed by atoms with Crippen LogP contribution in [0.15, 0.2) is 72.9 Å². The summed E-state index contributed by atoms with van der Waals surface area (Å²) in [6.07, 6.45) is 9.60. The van der Waals surface area contributed by atoms with Crippen LogP contribution in [-0.4, -0.2) is 38.1 Å². The molecule has 0 radical (unpaired) electrons. The molecule has 0 saturated heterocycles. The maximum atomic E-state index is 13.8. The van der Waals surface area contributed by atoms with Crippen molar-refractivity contribution in [1.82, 2.24) is 4.98 Å². The van der Waals surface area contributed by atoms with E-state index >= 15 is 0 Å². The molecule has 4 rings (SSSR count). The number of ether oxygens (including phenoxy) is 1. The molecule has 6 nitrogen and oxygen atoms in total. The van der Waals surface area contributed by atoms with Gasteiger partial charge in [0, 0.05) is 49.2 Å². The minimum Gasteiger partial charge on any atom is -0.466 e. The number of rotatable bonds is 8. The van der Waals surface area contributed by atoms with Gasteiger partial charge in [-0.05, 0) is 60.4 Å². The second-order valence-corrected chi connectivity index (χ2v) is 9.54. The number of pyridine rings is 1. The van der Waals surface area contributed by atoms with Gasteiger partial charge in [-0.25, -0.2) is 4.79 Å². The van der Waals surface area contributed by atoms with Crippen LogP contribution in [0.1, 0.15) is 44.7 Å². The van der Waals surface area contributed by atoms with Crippen LogP contribution < -0.4 is 9.80 Å². The third-order valence-electron chi connectivity index (χ3n) is 6.72. The number of methoxy groups -OCH3 is 1. The lowest BCUT2D eigenvalue weighted by Gasteiger charge is -2.29. The molecule has 1 aliphatic carbocycles. The van der Waals surface area contributed by atoms with Crippen molar-refractivity contribution in [2.24, 2.45) is 5.92 Å². The molecular formula is C31H35N3O3. The number of hydrogen-bond acceptors (Lipinski definition) is 5. The van der Waals surface area contributed by atoms with Gasteiger partial charge < -0.3 is 14.5 Å². The van der Waals surface area contributed by atoms with Crippen LogP contribution in [0, 0.1) is 5.92 Å². The zero-order chi connectivity index (χ0) is 27.1. The highest BCUT2D eigenvalue weighted by atomic mass is 16.5. The quantitative estimate of drug-likeness (QED) is 0.277. The first-order chi connectivity index (χ1) is 18.4. The number of carbonyl (C=O) groups excluding carboxylic acids is 2. The standard InChI is InChI=1S/C31H35N3O3/c1-33(2)28-17-14-24(15-18-28)26-13-16-27(32-21-26)22-34(31(36)25-9-5-4-6-10-25)29-11-7-8-23(20-29)12-19-30(35)37-3/h7-8,11-21,25H,4-6,9-10,22H2,1-3H3/b19-12+/i22D. The normalized spacial score (nSPS) is 15.2. The minimum atomic E-state index is -1.01. The third kappa shape index (κ3) is 6.85. The van der Waals surface area contributed by atoms with E-state index in [0.717, 1.165) is 54.5 Å². The molecule has 1 aliphatic rings. The molecule has 1 unspecified atom stereocenters. The molecule has 3 aromatic rings. The summed E-state index contributed by atoms with van der Waals surface area (Å²) < 4.78 is 13.8. The zero-order valence-electron chi connectivity index (χ0n) is 22.8. The number of aromatic nitrogens is 1. The molecule has 37 heavy (non-hydrogen) atoms.